The lowest BCUT2D eigenvalue weighted by Gasteiger charge is -2.04. The van der Waals surface area contributed by atoms with E-state index in [1.165, 1.54) is 0 Å². The molecule has 1 heterocycles. The minimum Gasteiger partial charge on any atom is -0.261 e. The lowest BCUT2D eigenvalue weighted by atomic mass is 10.2. The van der Waals surface area contributed by atoms with Crippen molar-refractivity contribution in [2.24, 2.45) is 10.1 Å². The Bertz CT molecular complexity index is 910. The molecule has 6 heteroatoms. The van der Waals surface area contributed by atoms with Crippen molar-refractivity contribution in [3.05, 3.63) is 73.8 Å². The van der Waals surface area contributed by atoms with Crippen LogP contribution in [-0.2, 0) is 0 Å². The summed E-state index contributed by atoms with van der Waals surface area (Å²) in [6.07, 6.45) is 1.82. The molecule has 3 rings (SSSR count). The van der Waals surface area contributed by atoms with Crippen LogP contribution in [0.3, 0.4) is 0 Å². The molecule has 2 aromatic carbocycles. The fourth-order valence-corrected chi connectivity index (χ4v) is 3.40. The topological polar surface area (TPSA) is 29.6 Å². The summed E-state index contributed by atoms with van der Waals surface area (Å²) in [6, 6.07) is 15.7. The summed E-state index contributed by atoms with van der Waals surface area (Å²) in [6.45, 7) is 0. The first-order valence-corrected chi connectivity index (χ1v) is 8.92. The molecule has 0 amide bonds. The molecule has 1 aromatic heterocycles. The SMILES string of the molecule is CN=c1scc(-c2ccc(Cl)cc2)n1N=Cc1ccccc1Br. The molecule has 0 radical (unpaired) electrons. The number of hydrogen-bond donors (Lipinski definition) is 0. The predicted octanol–water partition coefficient (Wildman–Crippen LogP) is 5.05. The Balaban J connectivity index is 2.06. The van der Waals surface area contributed by atoms with E-state index in [2.05, 4.69) is 26.0 Å². The van der Waals surface area contributed by atoms with Crippen LogP contribution >= 0.6 is 38.9 Å². The molecule has 3 aromatic rings. The van der Waals surface area contributed by atoms with Gasteiger partial charge in [-0.3, -0.25) is 4.99 Å². The molecule has 0 bridgehead atoms. The van der Waals surface area contributed by atoms with Gasteiger partial charge < -0.3 is 0 Å². The van der Waals surface area contributed by atoms with Crippen LogP contribution in [0.5, 0.6) is 0 Å². The number of aromatic nitrogens is 1. The maximum Gasteiger partial charge on any atom is 0.205 e. The van der Waals surface area contributed by atoms with Crippen LogP contribution in [0, 0.1) is 0 Å². The van der Waals surface area contributed by atoms with Gasteiger partial charge >= 0.3 is 0 Å². The first-order chi connectivity index (χ1) is 11.2. The second-order valence-electron chi connectivity index (χ2n) is 4.71. The number of rotatable bonds is 3. The van der Waals surface area contributed by atoms with Gasteiger partial charge in [-0.05, 0) is 18.2 Å². The monoisotopic (exact) mass is 405 g/mol. The number of benzene rings is 2. The van der Waals surface area contributed by atoms with Gasteiger partial charge in [0.1, 0.15) is 0 Å². The summed E-state index contributed by atoms with van der Waals surface area (Å²) in [4.78, 5) is 5.13. The standard InChI is InChI=1S/C17H13BrClN3S/c1-20-17-22(21-10-13-4-2-3-5-15(13)18)16(11-23-17)12-6-8-14(19)9-7-12/h2-11H,1H3. The quantitative estimate of drug-likeness (QED) is 0.545. The average Bonchev–Trinajstić information content (AvgIpc) is 2.98. The van der Waals surface area contributed by atoms with Crippen molar-refractivity contribution in [3.8, 4) is 11.3 Å². The van der Waals surface area contributed by atoms with Crippen molar-refractivity contribution in [2.75, 3.05) is 7.05 Å². The highest BCUT2D eigenvalue weighted by Crippen LogP contribution is 2.22. The van der Waals surface area contributed by atoms with Gasteiger partial charge in [0.15, 0.2) is 0 Å². The Morgan fingerprint density at radius 3 is 2.57 bits per heavy atom. The molecule has 0 unspecified atom stereocenters. The van der Waals surface area contributed by atoms with Crippen LogP contribution < -0.4 is 4.80 Å². The summed E-state index contributed by atoms with van der Waals surface area (Å²) in [7, 11) is 1.77. The van der Waals surface area contributed by atoms with Crippen LogP contribution in [0.2, 0.25) is 5.02 Å². The van der Waals surface area contributed by atoms with E-state index < -0.39 is 0 Å². The minimum absolute atomic E-state index is 0.715. The molecule has 116 valence electrons. The maximum absolute atomic E-state index is 5.97. The molecule has 0 saturated heterocycles. The third-order valence-electron chi connectivity index (χ3n) is 3.23. The van der Waals surface area contributed by atoms with Crippen molar-refractivity contribution in [3.63, 3.8) is 0 Å². The molecule has 0 aliphatic carbocycles. The molecular formula is C17H13BrClN3S. The van der Waals surface area contributed by atoms with Gasteiger partial charge in [0.2, 0.25) is 4.80 Å². The van der Waals surface area contributed by atoms with Gasteiger partial charge in [-0.25, -0.2) is 4.68 Å². The zero-order valence-electron chi connectivity index (χ0n) is 12.3. The number of hydrogen-bond acceptors (Lipinski definition) is 3. The molecule has 3 nitrogen and oxygen atoms in total. The van der Waals surface area contributed by atoms with Crippen LogP contribution in [0.25, 0.3) is 11.3 Å². The average molecular weight is 407 g/mol. The number of halogens is 2. The molecule has 0 aliphatic rings. The van der Waals surface area contributed by atoms with E-state index in [9.17, 15) is 0 Å². The summed E-state index contributed by atoms with van der Waals surface area (Å²) in [5, 5.41) is 7.37. The lowest BCUT2D eigenvalue weighted by Crippen LogP contribution is -2.11. The van der Waals surface area contributed by atoms with E-state index in [0.29, 0.717) is 5.02 Å². The molecule has 0 atom stereocenters. The van der Waals surface area contributed by atoms with Gasteiger partial charge in [-0.15, -0.1) is 11.3 Å². The van der Waals surface area contributed by atoms with Crippen molar-refractivity contribution in [1.82, 2.24) is 4.68 Å². The van der Waals surface area contributed by atoms with Crippen molar-refractivity contribution in [2.45, 2.75) is 0 Å². The molecule has 0 fully saturated rings. The van der Waals surface area contributed by atoms with Gasteiger partial charge in [-0.2, -0.15) is 5.10 Å². The smallest absolute Gasteiger partial charge is 0.205 e. The van der Waals surface area contributed by atoms with Gasteiger partial charge in [0, 0.05) is 33.0 Å². The Morgan fingerprint density at radius 2 is 1.87 bits per heavy atom. The van der Waals surface area contributed by atoms with Gasteiger partial charge in [0.25, 0.3) is 0 Å². The van der Waals surface area contributed by atoms with E-state index >= 15 is 0 Å². The van der Waals surface area contributed by atoms with Crippen LogP contribution in [-0.4, -0.2) is 17.9 Å². The molecule has 0 N–H and O–H groups in total. The van der Waals surface area contributed by atoms with Crippen LogP contribution in [0.15, 0.2) is 68.5 Å². The second-order valence-corrected chi connectivity index (χ2v) is 6.84. The van der Waals surface area contributed by atoms with Crippen molar-refractivity contribution >= 4 is 45.1 Å². The summed E-state index contributed by atoms with van der Waals surface area (Å²) in [5.74, 6) is 0. The molecule has 23 heavy (non-hydrogen) atoms. The van der Waals surface area contributed by atoms with Crippen molar-refractivity contribution in [1.29, 1.82) is 0 Å². The van der Waals surface area contributed by atoms with E-state index in [1.807, 2.05) is 64.8 Å². The Labute approximate surface area is 151 Å². The van der Waals surface area contributed by atoms with Gasteiger partial charge in [0.05, 0.1) is 11.9 Å². The van der Waals surface area contributed by atoms with E-state index in [0.717, 1.165) is 26.1 Å². The first-order valence-electron chi connectivity index (χ1n) is 6.87. The van der Waals surface area contributed by atoms with E-state index in [-0.39, 0.29) is 0 Å². The molecular weight excluding hydrogens is 394 g/mol. The number of thiazole rings is 1. The highest BCUT2D eigenvalue weighted by Gasteiger charge is 2.07. The minimum atomic E-state index is 0.715. The molecule has 0 aliphatic heterocycles. The zero-order valence-corrected chi connectivity index (χ0v) is 15.4. The highest BCUT2D eigenvalue weighted by atomic mass is 79.9. The first kappa shape index (κ1) is 16.2. The maximum atomic E-state index is 5.97. The Morgan fingerprint density at radius 1 is 1.13 bits per heavy atom. The van der Waals surface area contributed by atoms with Crippen molar-refractivity contribution < 1.29 is 0 Å². The molecule has 0 saturated carbocycles. The number of nitrogens with zero attached hydrogens (tertiary/aromatic N) is 3. The van der Waals surface area contributed by atoms with E-state index in [1.54, 1.807) is 18.4 Å². The van der Waals surface area contributed by atoms with Crippen LogP contribution in [0.1, 0.15) is 5.56 Å². The zero-order chi connectivity index (χ0) is 16.2. The van der Waals surface area contributed by atoms with E-state index in [4.69, 9.17) is 11.6 Å². The summed E-state index contributed by atoms with van der Waals surface area (Å²) < 4.78 is 2.84. The fourth-order valence-electron chi connectivity index (χ4n) is 2.08. The van der Waals surface area contributed by atoms with Gasteiger partial charge in [-0.1, -0.05) is 57.9 Å². The fraction of sp³-hybridized carbons (Fsp3) is 0.0588. The third-order valence-corrected chi connectivity index (χ3v) is 5.12. The summed E-state index contributed by atoms with van der Waals surface area (Å²) in [5.41, 5.74) is 3.04. The highest BCUT2D eigenvalue weighted by molar-refractivity contribution is 9.10. The second kappa shape index (κ2) is 7.25. The Hall–Kier alpha value is -1.69. The predicted molar refractivity (Wildman–Crippen MR) is 101 cm³/mol. The summed E-state index contributed by atoms with van der Waals surface area (Å²) >= 11 is 11.1. The largest absolute Gasteiger partial charge is 0.261 e. The third kappa shape index (κ3) is 3.63. The lowest BCUT2D eigenvalue weighted by molar-refractivity contribution is 0.848. The Kier molecular flexibility index (Phi) is 5.10. The molecule has 0 spiro atoms. The normalized spacial score (nSPS) is 12.2. The van der Waals surface area contributed by atoms with Crippen LogP contribution in [0.4, 0.5) is 0 Å².